The van der Waals surface area contributed by atoms with E-state index in [0.29, 0.717) is 11.5 Å². The van der Waals surface area contributed by atoms with Gasteiger partial charge in [0, 0.05) is 12.7 Å². The van der Waals surface area contributed by atoms with Gasteiger partial charge in [0.1, 0.15) is 6.10 Å². The largest absolute Gasteiger partial charge is 0.482 e. The van der Waals surface area contributed by atoms with Gasteiger partial charge in [0.25, 0.3) is 5.91 Å². The molecule has 4 heteroatoms. The highest BCUT2D eigenvalue weighted by molar-refractivity contribution is 5.96. The third-order valence-electron chi connectivity index (χ3n) is 3.56. The van der Waals surface area contributed by atoms with Gasteiger partial charge in [-0.1, -0.05) is 30.3 Å². The van der Waals surface area contributed by atoms with Crippen LogP contribution in [0.4, 0.5) is 5.69 Å². The van der Waals surface area contributed by atoms with Gasteiger partial charge in [-0.05, 0) is 31.2 Å². The van der Waals surface area contributed by atoms with E-state index in [1.54, 1.807) is 11.9 Å². The average Bonchev–Trinajstić information content (AvgIpc) is 2.53. The van der Waals surface area contributed by atoms with Gasteiger partial charge < -0.3 is 14.4 Å². The van der Waals surface area contributed by atoms with Crippen molar-refractivity contribution in [3.8, 4) is 11.5 Å². The summed E-state index contributed by atoms with van der Waals surface area (Å²) >= 11 is 0. The topological polar surface area (TPSA) is 38.8 Å². The molecule has 2 aromatic rings. The molecule has 1 aliphatic heterocycles. The van der Waals surface area contributed by atoms with Gasteiger partial charge in [-0.25, -0.2) is 0 Å². The van der Waals surface area contributed by atoms with E-state index in [9.17, 15) is 4.79 Å². The quantitative estimate of drug-likeness (QED) is 0.850. The Labute approximate surface area is 123 Å². The van der Waals surface area contributed by atoms with Gasteiger partial charge in [-0.3, -0.25) is 4.79 Å². The second kappa shape index (κ2) is 5.48. The molecule has 1 heterocycles. The predicted molar refractivity (Wildman–Crippen MR) is 80.8 cm³/mol. The lowest BCUT2D eigenvalue weighted by atomic mass is 10.1. The Balaban J connectivity index is 1.82. The molecule has 2 aromatic carbocycles. The number of rotatable bonds is 2. The number of nitrogens with zero attached hydrogens (tertiary/aromatic N) is 1. The monoisotopic (exact) mass is 283 g/mol. The fourth-order valence-corrected chi connectivity index (χ4v) is 2.36. The number of carbonyl (C=O) groups excluding carboxylic acids is 1. The highest BCUT2D eigenvalue weighted by Crippen LogP contribution is 2.34. The zero-order chi connectivity index (χ0) is 14.8. The number of benzene rings is 2. The SMILES string of the molecule is CC1Oc2ccccc2OC1C(=O)N(C)c1ccccc1. The van der Waals surface area contributed by atoms with Crippen molar-refractivity contribution in [2.75, 3.05) is 11.9 Å². The molecule has 2 unspecified atom stereocenters. The summed E-state index contributed by atoms with van der Waals surface area (Å²) < 4.78 is 11.6. The summed E-state index contributed by atoms with van der Waals surface area (Å²) in [5.74, 6) is 1.16. The zero-order valence-electron chi connectivity index (χ0n) is 12.0. The molecular formula is C17H17NO3. The third-order valence-corrected chi connectivity index (χ3v) is 3.56. The van der Waals surface area contributed by atoms with Crippen LogP contribution in [0, 0.1) is 0 Å². The van der Waals surface area contributed by atoms with Crippen LogP contribution >= 0.6 is 0 Å². The maximum absolute atomic E-state index is 12.6. The minimum Gasteiger partial charge on any atom is -0.482 e. The van der Waals surface area contributed by atoms with E-state index in [0.717, 1.165) is 5.69 Å². The molecule has 0 aliphatic carbocycles. The fraction of sp³-hybridized carbons (Fsp3) is 0.235. The summed E-state index contributed by atoms with van der Waals surface area (Å²) in [5, 5.41) is 0. The molecule has 0 saturated heterocycles. The van der Waals surface area contributed by atoms with Crippen molar-refractivity contribution in [2.45, 2.75) is 19.1 Å². The lowest BCUT2D eigenvalue weighted by molar-refractivity contribution is -0.130. The molecule has 0 aromatic heterocycles. The first-order valence-electron chi connectivity index (χ1n) is 6.92. The minimum absolute atomic E-state index is 0.122. The van der Waals surface area contributed by atoms with Crippen molar-refractivity contribution in [3.05, 3.63) is 54.6 Å². The van der Waals surface area contributed by atoms with Crippen LogP contribution in [0.15, 0.2) is 54.6 Å². The van der Waals surface area contributed by atoms with Crippen molar-refractivity contribution in [2.24, 2.45) is 0 Å². The van der Waals surface area contributed by atoms with Gasteiger partial charge in [0.05, 0.1) is 0 Å². The van der Waals surface area contributed by atoms with Crippen LogP contribution in [0.2, 0.25) is 0 Å². The van der Waals surface area contributed by atoms with Crippen LogP contribution in [0.3, 0.4) is 0 Å². The second-order valence-electron chi connectivity index (χ2n) is 5.04. The lowest BCUT2D eigenvalue weighted by Gasteiger charge is -2.33. The second-order valence-corrected chi connectivity index (χ2v) is 5.04. The van der Waals surface area contributed by atoms with E-state index in [2.05, 4.69) is 0 Å². The number of carbonyl (C=O) groups is 1. The summed E-state index contributed by atoms with van der Waals surface area (Å²) in [6.07, 6.45) is -0.983. The molecule has 0 spiro atoms. The maximum Gasteiger partial charge on any atom is 0.271 e. The molecule has 3 rings (SSSR count). The van der Waals surface area contributed by atoms with Crippen LogP contribution in [-0.4, -0.2) is 25.2 Å². The molecule has 108 valence electrons. The summed E-state index contributed by atoms with van der Waals surface area (Å²) in [6.45, 7) is 1.84. The molecule has 0 radical (unpaired) electrons. The number of anilines is 1. The molecule has 1 aliphatic rings. The number of para-hydroxylation sites is 3. The first-order valence-corrected chi connectivity index (χ1v) is 6.92. The highest BCUT2D eigenvalue weighted by atomic mass is 16.6. The smallest absolute Gasteiger partial charge is 0.271 e. The molecule has 4 nitrogen and oxygen atoms in total. The Morgan fingerprint density at radius 3 is 2.19 bits per heavy atom. The molecule has 1 amide bonds. The first-order chi connectivity index (χ1) is 10.2. The van der Waals surface area contributed by atoms with Crippen molar-refractivity contribution >= 4 is 11.6 Å². The average molecular weight is 283 g/mol. The Morgan fingerprint density at radius 2 is 1.52 bits per heavy atom. The van der Waals surface area contributed by atoms with Gasteiger partial charge in [-0.2, -0.15) is 0 Å². The molecule has 0 bridgehead atoms. The first kappa shape index (κ1) is 13.5. The standard InChI is InChI=1S/C17H17NO3/c1-12-16(21-15-11-7-6-10-14(15)20-12)17(19)18(2)13-8-4-3-5-9-13/h3-12,16H,1-2H3. The zero-order valence-corrected chi connectivity index (χ0v) is 12.0. The van der Waals surface area contributed by atoms with E-state index in [1.165, 1.54) is 0 Å². The van der Waals surface area contributed by atoms with E-state index in [-0.39, 0.29) is 12.0 Å². The molecule has 2 atom stereocenters. The Kier molecular flexibility index (Phi) is 3.52. The molecule has 0 N–H and O–H groups in total. The summed E-state index contributed by atoms with van der Waals surface area (Å²) in [7, 11) is 1.74. The summed E-state index contributed by atoms with van der Waals surface area (Å²) in [5.41, 5.74) is 0.831. The van der Waals surface area contributed by atoms with Crippen molar-refractivity contribution < 1.29 is 14.3 Å². The van der Waals surface area contributed by atoms with Crippen LogP contribution < -0.4 is 14.4 Å². The lowest BCUT2D eigenvalue weighted by Crippen LogP contribution is -2.49. The van der Waals surface area contributed by atoms with Gasteiger partial charge in [-0.15, -0.1) is 0 Å². The van der Waals surface area contributed by atoms with Crippen LogP contribution in [0.5, 0.6) is 11.5 Å². The van der Waals surface area contributed by atoms with Crippen molar-refractivity contribution in [3.63, 3.8) is 0 Å². The maximum atomic E-state index is 12.6. The number of ether oxygens (including phenoxy) is 2. The van der Waals surface area contributed by atoms with E-state index < -0.39 is 6.10 Å². The molecule has 0 fully saturated rings. The molecule has 21 heavy (non-hydrogen) atoms. The summed E-state index contributed by atoms with van der Waals surface area (Å²) in [4.78, 5) is 14.2. The minimum atomic E-state index is -0.648. The molecular weight excluding hydrogens is 266 g/mol. The number of hydrogen-bond donors (Lipinski definition) is 0. The van der Waals surface area contributed by atoms with Crippen molar-refractivity contribution in [1.29, 1.82) is 0 Å². The van der Waals surface area contributed by atoms with E-state index in [4.69, 9.17) is 9.47 Å². The van der Waals surface area contributed by atoms with Crippen LogP contribution in [0.1, 0.15) is 6.92 Å². The van der Waals surface area contributed by atoms with Gasteiger partial charge >= 0.3 is 0 Å². The fourth-order valence-electron chi connectivity index (χ4n) is 2.36. The third kappa shape index (κ3) is 2.57. The Morgan fingerprint density at radius 1 is 0.952 bits per heavy atom. The van der Waals surface area contributed by atoms with Crippen LogP contribution in [0.25, 0.3) is 0 Å². The molecule has 0 saturated carbocycles. The highest BCUT2D eigenvalue weighted by Gasteiger charge is 2.36. The van der Waals surface area contributed by atoms with Gasteiger partial charge in [0.15, 0.2) is 11.5 Å². The number of amides is 1. The number of hydrogen-bond acceptors (Lipinski definition) is 3. The Bertz CT molecular complexity index is 641. The van der Waals surface area contributed by atoms with Gasteiger partial charge in [0.2, 0.25) is 6.10 Å². The number of fused-ring (bicyclic) bond motifs is 1. The van der Waals surface area contributed by atoms with E-state index in [1.807, 2.05) is 61.5 Å². The number of likely N-dealkylation sites (N-methyl/N-ethyl adjacent to an activating group) is 1. The van der Waals surface area contributed by atoms with Crippen LogP contribution in [-0.2, 0) is 4.79 Å². The normalized spacial score (nSPS) is 19.9. The predicted octanol–water partition coefficient (Wildman–Crippen LogP) is 2.88. The van der Waals surface area contributed by atoms with E-state index >= 15 is 0 Å². The van der Waals surface area contributed by atoms with Crippen molar-refractivity contribution in [1.82, 2.24) is 0 Å². The summed E-state index contributed by atoms with van der Waals surface area (Å²) in [6, 6.07) is 16.9. The Hall–Kier alpha value is -2.49.